The molecule has 0 rings (SSSR count). The summed E-state index contributed by atoms with van der Waals surface area (Å²) < 4.78 is 4.99. The average molecular weight is 229 g/mol. The lowest BCUT2D eigenvalue weighted by Crippen LogP contribution is -2.15. The second kappa shape index (κ2) is 8.41. The Kier molecular flexibility index (Phi) is 7.91. The van der Waals surface area contributed by atoms with Crippen molar-refractivity contribution in [2.45, 2.75) is 25.5 Å². The van der Waals surface area contributed by atoms with E-state index >= 15 is 0 Å². The Morgan fingerprint density at radius 2 is 2.33 bits per heavy atom. The van der Waals surface area contributed by atoms with Crippen molar-refractivity contribution in [3.8, 4) is 0 Å². The topological polar surface area (TPSA) is 38.3 Å². The molecule has 0 saturated carbocycles. The minimum atomic E-state index is -0.337. The number of thiol groups is 1. The Balaban J connectivity index is 3.84. The van der Waals surface area contributed by atoms with Crippen molar-refractivity contribution in [3.63, 3.8) is 0 Å². The van der Waals surface area contributed by atoms with E-state index in [1.54, 1.807) is 6.08 Å². The molecule has 0 aliphatic heterocycles. The van der Waals surface area contributed by atoms with Gasteiger partial charge in [0.05, 0.1) is 0 Å². The summed E-state index contributed by atoms with van der Waals surface area (Å²) >= 11 is 4.22. The smallest absolute Gasteiger partial charge is 0.332 e. The van der Waals surface area contributed by atoms with Crippen LogP contribution in [0.2, 0.25) is 0 Å². The molecule has 0 bridgehead atoms. The molecule has 4 heteroatoms. The maximum absolute atomic E-state index is 11.2. The molecule has 0 amide bonds. The van der Waals surface area contributed by atoms with E-state index in [1.807, 2.05) is 13.8 Å². The molecule has 1 atom stereocenters. The second-order valence-electron chi connectivity index (χ2n) is 3.19. The van der Waals surface area contributed by atoms with E-state index in [0.717, 1.165) is 12.1 Å². The number of nitrogens with one attached hydrogen (secondary N) is 1. The van der Waals surface area contributed by atoms with Crippen molar-refractivity contribution in [3.05, 3.63) is 24.4 Å². The SMILES string of the molecule is C=CCN/C(C)=C\C(=O)OCC(S)CC. The fraction of sp³-hybridized carbons (Fsp3) is 0.545. The number of hydrogen-bond donors (Lipinski definition) is 2. The molecule has 15 heavy (non-hydrogen) atoms. The molecule has 0 aliphatic carbocycles. The van der Waals surface area contributed by atoms with Gasteiger partial charge < -0.3 is 10.1 Å². The lowest BCUT2D eigenvalue weighted by atomic mass is 10.3. The van der Waals surface area contributed by atoms with Gasteiger partial charge in [-0.05, 0) is 13.3 Å². The van der Waals surface area contributed by atoms with Gasteiger partial charge in [0, 0.05) is 23.6 Å². The van der Waals surface area contributed by atoms with Gasteiger partial charge in [-0.25, -0.2) is 4.79 Å². The van der Waals surface area contributed by atoms with Crippen LogP contribution in [-0.2, 0) is 9.53 Å². The minimum Gasteiger partial charge on any atom is -0.461 e. The summed E-state index contributed by atoms with van der Waals surface area (Å²) in [7, 11) is 0. The fourth-order valence-electron chi connectivity index (χ4n) is 0.799. The van der Waals surface area contributed by atoms with Gasteiger partial charge in [-0.15, -0.1) is 6.58 Å². The summed E-state index contributed by atoms with van der Waals surface area (Å²) in [5.74, 6) is -0.337. The van der Waals surface area contributed by atoms with E-state index in [9.17, 15) is 4.79 Å². The maximum atomic E-state index is 11.2. The van der Waals surface area contributed by atoms with Crippen molar-refractivity contribution < 1.29 is 9.53 Å². The Labute approximate surface area is 97.0 Å². The molecule has 0 aromatic rings. The van der Waals surface area contributed by atoms with E-state index in [1.165, 1.54) is 6.08 Å². The number of ether oxygens (including phenoxy) is 1. The number of carbonyl (C=O) groups excluding carboxylic acids is 1. The second-order valence-corrected chi connectivity index (χ2v) is 3.92. The molecule has 0 spiro atoms. The Hall–Kier alpha value is -0.900. The van der Waals surface area contributed by atoms with Gasteiger partial charge in [-0.3, -0.25) is 0 Å². The Morgan fingerprint density at radius 3 is 2.87 bits per heavy atom. The summed E-state index contributed by atoms with van der Waals surface area (Å²) in [6.45, 7) is 8.36. The highest BCUT2D eigenvalue weighted by Gasteiger charge is 2.03. The molecule has 1 unspecified atom stereocenters. The van der Waals surface area contributed by atoms with Gasteiger partial charge >= 0.3 is 5.97 Å². The molecule has 3 nitrogen and oxygen atoms in total. The van der Waals surface area contributed by atoms with Crippen LogP contribution < -0.4 is 5.32 Å². The molecule has 1 N–H and O–H groups in total. The molecule has 0 aromatic carbocycles. The van der Waals surface area contributed by atoms with Crippen LogP contribution in [-0.4, -0.2) is 24.4 Å². The number of hydrogen-bond acceptors (Lipinski definition) is 4. The van der Waals surface area contributed by atoms with Gasteiger partial charge in [-0.2, -0.15) is 12.6 Å². The van der Waals surface area contributed by atoms with Crippen molar-refractivity contribution >= 4 is 18.6 Å². The van der Waals surface area contributed by atoms with Crippen LogP contribution in [0.1, 0.15) is 20.3 Å². The van der Waals surface area contributed by atoms with Crippen LogP contribution in [0.3, 0.4) is 0 Å². The monoisotopic (exact) mass is 229 g/mol. The van der Waals surface area contributed by atoms with E-state index in [2.05, 4.69) is 24.5 Å². The van der Waals surface area contributed by atoms with Gasteiger partial charge in [0.2, 0.25) is 0 Å². The van der Waals surface area contributed by atoms with Gasteiger partial charge in [0.25, 0.3) is 0 Å². The van der Waals surface area contributed by atoms with Gasteiger partial charge in [0.1, 0.15) is 6.61 Å². The lowest BCUT2D eigenvalue weighted by molar-refractivity contribution is -0.137. The molecule has 86 valence electrons. The third-order valence-electron chi connectivity index (χ3n) is 1.75. The van der Waals surface area contributed by atoms with Crippen LogP contribution in [0.4, 0.5) is 0 Å². The zero-order valence-electron chi connectivity index (χ0n) is 9.32. The lowest BCUT2D eigenvalue weighted by Gasteiger charge is -2.08. The third-order valence-corrected chi connectivity index (χ3v) is 2.26. The van der Waals surface area contributed by atoms with Crippen molar-refractivity contribution in [2.75, 3.05) is 13.2 Å². The van der Waals surface area contributed by atoms with E-state index < -0.39 is 0 Å². The summed E-state index contributed by atoms with van der Waals surface area (Å²) in [6, 6.07) is 0. The Bertz CT molecular complexity index is 239. The van der Waals surface area contributed by atoms with Crippen molar-refractivity contribution in [1.82, 2.24) is 5.32 Å². The zero-order chi connectivity index (χ0) is 11.7. The molecular weight excluding hydrogens is 210 g/mol. The normalized spacial score (nSPS) is 13.1. The first-order chi connectivity index (χ1) is 7.10. The van der Waals surface area contributed by atoms with Crippen LogP contribution >= 0.6 is 12.6 Å². The fourth-order valence-corrected chi connectivity index (χ4v) is 0.873. The van der Waals surface area contributed by atoms with Crippen molar-refractivity contribution in [1.29, 1.82) is 0 Å². The average Bonchev–Trinajstić information content (AvgIpc) is 2.22. The molecule has 0 fully saturated rings. The zero-order valence-corrected chi connectivity index (χ0v) is 10.2. The maximum Gasteiger partial charge on any atom is 0.332 e. The standard InChI is InChI=1S/C11H19NO2S/c1-4-6-12-9(3)7-11(13)14-8-10(15)5-2/h4,7,10,12,15H,1,5-6,8H2,2-3H3/b9-7-. The van der Waals surface area contributed by atoms with E-state index in [4.69, 9.17) is 4.74 Å². The highest BCUT2D eigenvalue weighted by molar-refractivity contribution is 7.81. The number of allylic oxidation sites excluding steroid dienone is 1. The van der Waals surface area contributed by atoms with Crippen LogP contribution in [0.5, 0.6) is 0 Å². The first kappa shape index (κ1) is 14.1. The van der Waals surface area contributed by atoms with Crippen LogP contribution in [0.15, 0.2) is 24.4 Å². The number of rotatable bonds is 7. The quantitative estimate of drug-likeness (QED) is 0.303. The first-order valence-corrected chi connectivity index (χ1v) is 5.49. The minimum absolute atomic E-state index is 0.115. The van der Waals surface area contributed by atoms with E-state index in [-0.39, 0.29) is 11.2 Å². The molecule has 0 aromatic heterocycles. The van der Waals surface area contributed by atoms with Crippen LogP contribution in [0.25, 0.3) is 0 Å². The van der Waals surface area contributed by atoms with Gasteiger partial charge in [-0.1, -0.05) is 13.0 Å². The summed E-state index contributed by atoms with van der Waals surface area (Å²) in [5.41, 5.74) is 0.770. The molecular formula is C11H19NO2S. The highest BCUT2D eigenvalue weighted by Crippen LogP contribution is 2.01. The largest absolute Gasteiger partial charge is 0.461 e. The molecule has 0 aliphatic rings. The Morgan fingerprint density at radius 1 is 1.67 bits per heavy atom. The number of carbonyl (C=O) groups is 1. The van der Waals surface area contributed by atoms with Crippen molar-refractivity contribution in [2.24, 2.45) is 0 Å². The predicted octanol–water partition coefficient (Wildman–Crippen LogP) is 1.92. The predicted molar refractivity (Wildman–Crippen MR) is 66.0 cm³/mol. The summed E-state index contributed by atoms with van der Waals surface area (Å²) in [4.78, 5) is 11.2. The van der Waals surface area contributed by atoms with E-state index in [0.29, 0.717) is 13.2 Å². The summed E-state index contributed by atoms with van der Waals surface area (Å²) in [5, 5.41) is 3.10. The first-order valence-electron chi connectivity index (χ1n) is 4.98. The van der Waals surface area contributed by atoms with Gasteiger partial charge in [0.15, 0.2) is 0 Å². The van der Waals surface area contributed by atoms with Crippen LogP contribution in [0, 0.1) is 0 Å². The molecule has 0 saturated heterocycles. The third kappa shape index (κ3) is 8.12. The molecule has 0 radical (unpaired) electrons. The summed E-state index contributed by atoms with van der Waals surface area (Å²) in [6.07, 6.45) is 4.04. The number of esters is 1. The molecule has 0 heterocycles. The highest BCUT2D eigenvalue weighted by atomic mass is 32.1.